The number of aromatic amines is 1. The highest BCUT2D eigenvalue weighted by molar-refractivity contribution is 5.92. The minimum absolute atomic E-state index is 0.153. The smallest absolute Gasteiger partial charge is 0.308 e. The van der Waals surface area contributed by atoms with E-state index in [1.807, 2.05) is 6.07 Å². The van der Waals surface area contributed by atoms with Crippen molar-refractivity contribution in [3.63, 3.8) is 0 Å². The van der Waals surface area contributed by atoms with Crippen molar-refractivity contribution in [2.75, 3.05) is 5.32 Å². The van der Waals surface area contributed by atoms with Gasteiger partial charge in [0, 0.05) is 34.8 Å². The fourth-order valence-corrected chi connectivity index (χ4v) is 5.88. The first-order valence-electron chi connectivity index (χ1n) is 12.0. The number of carboxylic acids is 1. The summed E-state index contributed by atoms with van der Waals surface area (Å²) in [5.74, 6) is -0.471. The standard InChI is InChI=1S/C27H23FN6O2/c28-18-9-19-20(13-31-25(19)30-12-18)26-32-21(17-3-1-2-14(8-17)11-29)10-22(34-26)33-24-16-6-4-15(5-7-16)23(24)27(35)36/h1-3,8-10,12-13,15-16,23-24H,4-7H2,(H,30,31)(H,35,36)(H,32,33,34). The molecule has 3 heterocycles. The molecule has 3 N–H and O–H groups in total. The van der Waals surface area contributed by atoms with Crippen molar-refractivity contribution in [3.05, 3.63) is 60.2 Å². The molecule has 0 saturated heterocycles. The molecule has 0 amide bonds. The fraction of sp³-hybridized carbons (Fsp3) is 0.296. The van der Waals surface area contributed by atoms with Crippen molar-refractivity contribution >= 4 is 22.8 Å². The fourth-order valence-electron chi connectivity index (χ4n) is 5.88. The number of pyridine rings is 1. The molecule has 1 aromatic carbocycles. The van der Waals surface area contributed by atoms with Crippen LogP contribution in [-0.4, -0.2) is 37.1 Å². The SMILES string of the molecule is N#Cc1cccc(-c2cc(NC3C4CCC(CC4)C3C(=O)O)nc(-c3c[nH]c4ncc(F)cc34)n2)c1. The van der Waals surface area contributed by atoms with E-state index in [1.165, 1.54) is 6.07 Å². The summed E-state index contributed by atoms with van der Waals surface area (Å²) in [7, 11) is 0. The van der Waals surface area contributed by atoms with Crippen LogP contribution >= 0.6 is 0 Å². The third kappa shape index (κ3) is 3.85. The van der Waals surface area contributed by atoms with Crippen molar-refractivity contribution in [3.8, 4) is 28.7 Å². The zero-order valence-corrected chi connectivity index (χ0v) is 19.3. The minimum atomic E-state index is -0.781. The first kappa shape index (κ1) is 22.2. The van der Waals surface area contributed by atoms with Gasteiger partial charge in [-0.2, -0.15) is 5.26 Å². The normalized spacial score (nSPS) is 22.9. The maximum absolute atomic E-state index is 14.0. The van der Waals surface area contributed by atoms with Crippen LogP contribution in [0, 0.1) is 34.9 Å². The molecule has 7 rings (SSSR count). The average Bonchev–Trinajstić information content (AvgIpc) is 3.32. The number of nitrogens with zero attached hydrogens (tertiary/aromatic N) is 4. The van der Waals surface area contributed by atoms with E-state index < -0.39 is 17.7 Å². The van der Waals surface area contributed by atoms with Gasteiger partial charge in [-0.3, -0.25) is 4.79 Å². The molecule has 4 aromatic rings. The maximum Gasteiger partial charge on any atom is 0.308 e. The van der Waals surface area contributed by atoms with Crippen molar-refractivity contribution in [1.29, 1.82) is 5.26 Å². The van der Waals surface area contributed by atoms with E-state index in [0.29, 0.717) is 39.5 Å². The van der Waals surface area contributed by atoms with Crippen LogP contribution in [0.1, 0.15) is 31.2 Å². The summed E-state index contributed by atoms with van der Waals surface area (Å²) in [6.45, 7) is 0. The van der Waals surface area contributed by atoms with Crippen LogP contribution in [0.4, 0.5) is 10.2 Å². The van der Waals surface area contributed by atoms with Gasteiger partial charge in [0.1, 0.15) is 17.3 Å². The quantitative estimate of drug-likeness (QED) is 0.365. The number of nitrogens with one attached hydrogen (secondary N) is 2. The Labute approximate surface area is 206 Å². The molecule has 3 saturated carbocycles. The Morgan fingerprint density at radius 3 is 2.72 bits per heavy atom. The lowest BCUT2D eigenvalue weighted by Gasteiger charge is -2.47. The Morgan fingerprint density at radius 2 is 1.94 bits per heavy atom. The van der Waals surface area contributed by atoms with Crippen molar-refractivity contribution < 1.29 is 14.3 Å². The lowest BCUT2D eigenvalue weighted by Crippen LogP contribution is -2.51. The Hall–Kier alpha value is -4.32. The molecule has 2 atom stereocenters. The number of carbonyl (C=O) groups is 1. The molecule has 0 spiro atoms. The van der Waals surface area contributed by atoms with Crippen molar-refractivity contribution in [2.45, 2.75) is 31.7 Å². The number of benzene rings is 1. The van der Waals surface area contributed by atoms with E-state index in [9.17, 15) is 19.6 Å². The summed E-state index contributed by atoms with van der Waals surface area (Å²) in [6.07, 6.45) is 6.70. The molecule has 0 aliphatic heterocycles. The third-order valence-corrected chi connectivity index (χ3v) is 7.57. The van der Waals surface area contributed by atoms with Crippen LogP contribution in [0.5, 0.6) is 0 Å². The minimum Gasteiger partial charge on any atom is -0.481 e. The molecule has 36 heavy (non-hydrogen) atoms. The van der Waals surface area contributed by atoms with Crippen LogP contribution in [-0.2, 0) is 4.79 Å². The van der Waals surface area contributed by atoms with Crippen molar-refractivity contribution in [1.82, 2.24) is 19.9 Å². The van der Waals surface area contributed by atoms with Gasteiger partial charge >= 0.3 is 5.97 Å². The summed E-state index contributed by atoms with van der Waals surface area (Å²) in [4.78, 5) is 28.8. The number of hydrogen-bond acceptors (Lipinski definition) is 6. The van der Waals surface area contributed by atoms with Crippen LogP contribution in [0.15, 0.2) is 48.8 Å². The van der Waals surface area contributed by atoms with E-state index in [2.05, 4.69) is 21.4 Å². The van der Waals surface area contributed by atoms with Gasteiger partial charge in [-0.1, -0.05) is 12.1 Å². The Balaban J connectivity index is 1.48. The zero-order valence-electron chi connectivity index (χ0n) is 19.3. The van der Waals surface area contributed by atoms with Crippen LogP contribution in [0.25, 0.3) is 33.7 Å². The molecular weight excluding hydrogens is 459 g/mol. The van der Waals surface area contributed by atoms with Gasteiger partial charge in [0.2, 0.25) is 0 Å². The maximum atomic E-state index is 14.0. The highest BCUT2D eigenvalue weighted by Crippen LogP contribution is 2.46. The highest BCUT2D eigenvalue weighted by atomic mass is 19.1. The van der Waals surface area contributed by atoms with Gasteiger partial charge in [0.25, 0.3) is 0 Å². The Kier molecular flexibility index (Phi) is 5.37. The number of carboxylic acid groups (broad SMARTS) is 1. The van der Waals surface area contributed by atoms with E-state index in [0.717, 1.165) is 37.4 Å². The second-order valence-electron chi connectivity index (χ2n) is 9.62. The lowest BCUT2D eigenvalue weighted by molar-refractivity contribution is -0.148. The summed E-state index contributed by atoms with van der Waals surface area (Å²) < 4.78 is 14.0. The van der Waals surface area contributed by atoms with Crippen LogP contribution < -0.4 is 5.32 Å². The molecule has 3 fully saturated rings. The Bertz CT molecular complexity index is 1520. The largest absolute Gasteiger partial charge is 0.481 e. The molecular formula is C27H23FN6O2. The van der Waals surface area contributed by atoms with Gasteiger partial charge in [0.15, 0.2) is 5.82 Å². The third-order valence-electron chi connectivity index (χ3n) is 7.57. The Morgan fingerprint density at radius 1 is 1.14 bits per heavy atom. The molecule has 3 aliphatic carbocycles. The summed E-state index contributed by atoms with van der Waals surface area (Å²) in [5, 5.41) is 23.4. The second-order valence-corrected chi connectivity index (χ2v) is 9.62. The predicted molar refractivity (Wildman–Crippen MR) is 131 cm³/mol. The van der Waals surface area contributed by atoms with Gasteiger partial charge in [-0.25, -0.2) is 19.3 Å². The van der Waals surface area contributed by atoms with E-state index >= 15 is 0 Å². The number of nitriles is 1. The molecule has 9 heteroatoms. The number of aromatic nitrogens is 4. The van der Waals surface area contributed by atoms with Gasteiger partial charge in [0.05, 0.1) is 29.4 Å². The van der Waals surface area contributed by atoms with E-state index in [4.69, 9.17) is 9.97 Å². The number of halogens is 1. The molecule has 3 aliphatic rings. The first-order valence-corrected chi connectivity index (χ1v) is 12.0. The molecule has 180 valence electrons. The zero-order chi connectivity index (χ0) is 24.8. The highest BCUT2D eigenvalue weighted by Gasteiger charge is 2.47. The summed E-state index contributed by atoms with van der Waals surface area (Å²) in [6, 6.07) is 12.2. The molecule has 8 nitrogen and oxygen atoms in total. The van der Waals surface area contributed by atoms with Gasteiger partial charge < -0.3 is 15.4 Å². The molecule has 0 radical (unpaired) electrons. The lowest BCUT2D eigenvalue weighted by atomic mass is 9.61. The number of H-pyrrole nitrogens is 1. The van der Waals surface area contributed by atoms with E-state index in [1.54, 1.807) is 30.5 Å². The number of aliphatic carboxylic acids is 1. The van der Waals surface area contributed by atoms with Gasteiger partial charge in [-0.15, -0.1) is 0 Å². The second kappa shape index (κ2) is 8.72. The average molecular weight is 483 g/mol. The number of hydrogen-bond donors (Lipinski definition) is 3. The van der Waals surface area contributed by atoms with Crippen LogP contribution in [0.3, 0.4) is 0 Å². The molecule has 3 aromatic heterocycles. The van der Waals surface area contributed by atoms with E-state index in [-0.39, 0.29) is 17.9 Å². The monoisotopic (exact) mass is 482 g/mol. The molecule has 2 unspecified atom stereocenters. The first-order chi connectivity index (χ1) is 17.5. The van der Waals surface area contributed by atoms with Crippen molar-refractivity contribution in [2.24, 2.45) is 17.8 Å². The summed E-state index contributed by atoms with van der Waals surface area (Å²) in [5.41, 5.74) is 2.89. The number of fused-ring (bicyclic) bond motifs is 4. The molecule has 2 bridgehead atoms. The summed E-state index contributed by atoms with van der Waals surface area (Å²) >= 11 is 0. The van der Waals surface area contributed by atoms with Gasteiger partial charge in [-0.05, 0) is 55.7 Å². The van der Waals surface area contributed by atoms with Crippen LogP contribution in [0.2, 0.25) is 0 Å². The predicted octanol–water partition coefficient (Wildman–Crippen LogP) is 5.00. The topological polar surface area (TPSA) is 128 Å². The number of rotatable bonds is 5. The number of anilines is 1.